The molecule has 1 fully saturated rings. The Morgan fingerprint density at radius 1 is 0.899 bits per heavy atom. The Kier molecular flexibility index (Phi) is 19.4. The van der Waals surface area contributed by atoms with Gasteiger partial charge in [-0.2, -0.15) is 0 Å². The van der Waals surface area contributed by atoms with Gasteiger partial charge in [0.1, 0.15) is 53.7 Å². The molecule has 6 N–H and O–H groups in total. The van der Waals surface area contributed by atoms with Crippen LogP contribution in [0.25, 0.3) is 5.76 Å². The number of phenolic OH excluding ortho intramolecular Hbond substituents is 1. The predicted molar refractivity (Wildman–Crippen MR) is 286 cm³/mol. The summed E-state index contributed by atoms with van der Waals surface area (Å²) in [7, 11) is 0. The summed E-state index contributed by atoms with van der Waals surface area (Å²) in [6.07, 6.45) is 2.07. The average Bonchev–Trinajstić information content (AvgIpc) is 3.86. The van der Waals surface area contributed by atoms with E-state index in [-0.39, 0.29) is 95.6 Å². The van der Waals surface area contributed by atoms with Crippen LogP contribution in [-0.2, 0) is 47.7 Å². The minimum Gasteiger partial charge on any atom is -0.507 e. The molecule has 5 bridgehead atoms. The van der Waals surface area contributed by atoms with Crippen LogP contribution in [0, 0.1) is 42.4 Å². The number of esters is 2. The number of allylic oxidation sites excluding steroid dienone is 3. The number of rotatable bonds is 12. The lowest BCUT2D eigenvalue weighted by Crippen LogP contribution is -2.59. The quantitative estimate of drug-likeness (QED) is 0.0676. The molecule has 22 nitrogen and oxygen atoms in total. The molecule has 0 aromatic heterocycles. The molecule has 1 aromatic rings. The van der Waals surface area contributed by atoms with E-state index in [0.717, 1.165) is 0 Å². The lowest BCUT2D eigenvalue weighted by Gasteiger charge is -2.45. The highest BCUT2D eigenvalue weighted by atomic mass is 16.7. The molecule has 5 heterocycles. The number of hydrogen-bond donors (Lipinski definition) is 6. The molecule has 11 atom stereocenters. The molecule has 22 heteroatoms. The number of aliphatic imine (C=N–C) groups is 1. The molecular weight excluding hydrogens is 1030 g/mol. The lowest BCUT2D eigenvalue weighted by atomic mass is 9.77. The fraction of sp³-hybridized carbons (Fsp3) is 0.596. The van der Waals surface area contributed by atoms with Crippen LogP contribution >= 0.6 is 0 Å². The molecule has 0 radical (unpaired) electrons. The average molecular weight is 1100 g/mol. The van der Waals surface area contributed by atoms with Crippen molar-refractivity contribution in [1.82, 2.24) is 20.4 Å². The summed E-state index contributed by atoms with van der Waals surface area (Å²) in [5.41, 5.74) is -2.25. The van der Waals surface area contributed by atoms with Gasteiger partial charge in [-0.15, -0.1) is 0 Å². The second-order valence-electron chi connectivity index (χ2n) is 22.2. The number of fused-ring (bicyclic) bond motifs is 13. The normalized spacial score (nSPS) is 30.0. The number of nitrogens with zero attached hydrogens (tertiary/aromatic N) is 3. The van der Waals surface area contributed by atoms with E-state index < -0.39 is 125 Å². The Morgan fingerprint density at radius 3 is 2.18 bits per heavy atom. The van der Waals surface area contributed by atoms with Crippen molar-refractivity contribution in [2.24, 2.45) is 40.5 Å². The Bertz CT molecular complexity index is 2710. The van der Waals surface area contributed by atoms with Crippen LogP contribution < -0.4 is 15.4 Å². The van der Waals surface area contributed by atoms with Crippen molar-refractivity contribution in [3.63, 3.8) is 0 Å². The first-order chi connectivity index (χ1) is 37.1. The molecule has 1 aromatic carbocycles. The maximum Gasteiger partial charge on any atom is 0.415 e. The molecule has 1 saturated heterocycles. The van der Waals surface area contributed by atoms with Crippen molar-refractivity contribution < 1.29 is 82.5 Å². The van der Waals surface area contributed by atoms with Crippen molar-refractivity contribution in [2.45, 2.75) is 163 Å². The summed E-state index contributed by atoms with van der Waals surface area (Å²) < 4.78 is 29.7. The van der Waals surface area contributed by atoms with Crippen LogP contribution in [0.15, 0.2) is 46.8 Å². The van der Waals surface area contributed by atoms with Gasteiger partial charge in [0.05, 0.1) is 41.0 Å². The SMILES string of the molecule is CC(=O)O[C@H]1[C@H](C)[C@H](O)[C@H](C)[C@@H](O)[C@@H](C)/C=C/C=C(/C)C(=O)NC2=C(O)c3c(O)c(C)c4c(c3C3=NC5(CCN(CC(C)C)CC5)N(C(=O)OC(C)OC(=O)CCCC(=O)NC(C=O)C=O)C32)C(=O)[C@@](C)(O/C=C/[C@H](C)[C@H]1C)O4. The number of phenols is 1. The smallest absolute Gasteiger partial charge is 0.415 e. The summed E-state index contributed by atoms with van der Waals surface area (Å²) in [6, 6.07) is -2.88. The fourth-order valence-corrected chi connectivity index (χ4v) is 11.0. The van der Waals surface area contributed by atoms with Gasteiger partial charge in [0.25, 0.3) is 11.7 Å². The van der Waals surface area contributed by atoms with Crippen LogP contribution in [0.4, 0.5) is 4.79 Å². The zero-order valence-electron chi connectivity index (χ0n) is 47.1. The highest BCUT2D eigenvalue weighted by molar-refractivity contribution is 6.24. The van der Waals surface area contributed by atoms with Gasteiger partial charge in [-0.1, -0.05) is 66.7 Å². The van der Waals surface area contributed by atoms with Crippen molar-refractivity contribution in [2.75, 3.05) is 19.6 Å². The second kappa shape index (κ2) is 25.0. The number of Topliss-reactive ketones (excluding diaryl/α,β-unsaturated/α-hetero) is 1. The number of aliphatic hydroxyl groups excluding tert-OH is 3. The minimum absolute atomic E-state index is 0.0156. The molecule has 1 spiro atoms. The summed E-state index contributed by atoms with van der Waals surface area (Å²) in [4.78, 5) is 113. The number of nitrogens with one attached hydrogen (secondary N) is 2. The van der Waals surface area contributed by atoms with Gasteiger partial charge in [0, 0.05) is 101 Å². The maximum absolute atomic E-state index is 15.2. The fourth-order valence-electron chi connectivity index (χ4n) is 11.0. The van der Waals surface area contributed by atoms with Gasteiger partial charge in [-0.3, -0.25) is 33.9 Å². The van der Waals surface area contributed by atoms with E-state index in [0.29, 0.717) is 19.6 Å². The molecule has 7 rings (SSSR count). The maximum atomic E-state index is 15.2. The number of piperidine rings is 1. The third-order valence-corrected chi connectivity index (χ3v) is 15.7. The molecule has 5 aliphatic heterocycles. The van der Waals surface area contributed by atoms with Crippen LogP contribution in [0.2, 0.25) is 0 Å². The van der Waals surface area contributed by atoms with Gasteiger partial charge in [0.15, 0.2) is 0 Å². The van der Waals surface area contributed by atoms with Gasteiger partial charge < -0.3 is 69.2 Å². The number of ether oxygens (including phenoxy) is 5. The topological polar surface area (TPSA) is 307 Å². The standard InChI is InChI=1S/C57H77N5O17/c1-28(2)25-61-22-20-57(21-23-61)60-44-41-42-49(70)35(9)52-43(41)53(72)56(12,79-52)75-24-19-29(3)32(6)51(76-36(10)65)34(8)48(69)33(7)47(68)30(4)15-13-16-31(5)54(73)59-45(50(42)71)46(44)62(57)55(74)78-37(11)77-40(67)18-14-17-39(66)58-38(26-63)27-64/h13,15-16,19,24,26-30,32-34,37-38,46-48,51,68-71H,14,17-18,20-23,25H2,1-12H3,(H,58,66)(H,59,73)/b15-13+,24-19+,31-16-/t29-,30-,32+,33+,34+,37?,46?,47-,48+,51+,56-/m0/s1. The molecule has 3 amide bonds. The number of ketones is 1. The number of hydrogen-bond acceptors (Lipinski definition) is 19. The molecule has 79 heavy (non-hydrogen) atoms. The van der Waals surface area contributed by atoms with E-state index >= 15 is 9.59 Å². The summed E-state index contributed by atoms with van der Waals surface area (Å²) in [5.74, 6) is -9.65. The minimum atomic E-state index is -2.10. The Balaban J connectivity index is 1.48. The molecular formula is C57H77N5O17. The summed E-state index contributed by atoms with van der Waals surface area (Å²) in [5, 5.41) is 53.1. The number of amides is 3. The van der Waals surface area contributed by atoms with Crippen LogP contribution in [0.1, 0.15) is 135 Å². The van der Waals surface area contributed by atoms with Crippen LogP contribution in [-0.4, -0.2) is 152 Å². The van der Waals surface area contributed by atoms with E-state index in [4.69, 9.17) is 28.7 Å². The van der Waals surface area contributed by atoms with Gasteiger partial charge in [-0.25, -0.2) is 4.79 Å². The largest absolute Gasteiger partial charge is 0.507 e. The zero-order chi connectivity index (χ0) is 58.6. The van der Waals surface area contributed by atoms with Crippen molar-refractivity contribution in [3.8, 4) is 11.5 Å². The first-order valence-electron chi connectivity index (χ1n) is 26.9. The summed E-state index contributed by atoms with van der Waals surface area (Å²) >= 11 is 0. The number of carbonyl (C=O) groups excluding carboxylic acids is 8. The van der Waals surface area contributed by atoms with Crippen molar-refractivity contribution in [1.29, 1.82) is 0 Å². The van der Waals surface area contributed by atoms with E-state index in [9.17, 15) is 49.2 Å². The molecule has 432 valence electrons. The lowest BCUT2D eigenvalue weighted by molar-refractivity contribution is -0.167. The molecule has 6 aliphatic rings. The van der Waals surface area contributed by atoms with Gasteiger partial charge in [-0.05, 0) is 44.1 Å². The van der Waals surface area contributed by atoms with Crippen molar-refractivity contribution in [3.05, 3.63) is 64.1 Å². The number of aromatic hydroxyl groups is 1. The number of aldehydes is 2. The van der Waals surface area contributed by atoms with Crippen LogP contribution in [0.5, 0.6) is 11.5 Å². The highest BCUT2D eigenvalue weighted by Crippen LogP contribution is 2.54. The highest BCUT2D eigenvalue weighted by Gasteiger charge is 2.60. The van der Waals surface area contributed by atoms with Gasteiger partial charge >= 0.3 is 23.8 Å². The molecule has 1 aliphatic carbocycles. The second-order valence-corrected chi connectivity index (χ2v) is 22.2. The van der Waals surface area contributed by atoms with E-state index in [1.54, 1.807) is 39.0 Å². The molecule has 0 saturated carbocycles. The Morgan fingerprint density at radius 2 is 1.56 bits per heavy atom. The Labute approximate surface area is 460 Å². The number of benzene rings is 1. The number of aliphatic hydroxyl groups is 3. The van der Waals surface area contributed by atoms with Gasteiger partial charge in [0.2, 0.25) is 12.2 Å². The third kappa shape index (κ3) is 12.9. The van der Waals surface area contributed by atoms with E-state index in [1.165, 1.54) is 51.9 Å². The zero-order valence-corrected chi connectivity index (χ0v) is 47.1. The van der Waals surface area contributed by atoms with Crippen LogP contribution in [0.3, 0.4) is 0 Å². The first kappa shape index (κ1) is 61.3. The first-order valence-corrected chi connectivity index (χ1v) is 26.9. The Hall–Kier alpha value is -6.91. The third-order valence-electron chi connectivity index (χ3n) is 15.7. The molecule has 2 unspecified atom stereocenters. The predicted octanol–water partition coefficient (Wildman–Crippen LogP) is 5.23. The summed E-state index contributed by atoms with van der Waals surface area (Å²) in [6.45, 7) is 21.4. The number of likely N-dealkylation sites (tertiary alicyclic amines) is 1. The number of carbonyl (C=O) groups is 8. The van der Waals surface area contributed by atoms with E-state index in [2.05, 4.69) is 29.4 Å². The monoisotopic (exact) mass is 1100 g/mol. The van der Waals surface area contributed by atoms with E-state index in [1.807, 2.05) is 13.8 Å². The van der Waals surface area contributed by atoms with Crippen molar-refractivity contribution >= 4 is 59.7 Å².